The smallest absolute Gasteiger partial charge is 0.191 e. The number of nitrogens with one attached hydrogen (secondary N) is 2. The molecule has 2 N–H and O–H groups in total. The van der Waals surface area contributed by atoms with Gasteiger partial charge in [0.1, 0.15) is 0 Å². The van der Waals surface area contributed by atoms with E-state index in [1.165, 1.54) is 24.8 Å². The molecule has 2 aromatic rings. The summed E-state index contributed by atoms with van der Waals surface area (Å²) in [6.07, 6.45) is 5.46. The summed E-state index contributed by atoms with van der Waals surface area (Å²) in [5, 5.41) is 7.64. The zero-order valence-corrected chi connectivity index (χ0v) is 15.4. The second-order valence-corrected chi connectivity index (χ2v) is 6.95. The second-order valence-electron chi connectivity index (χ2n) is 6.51. The summed E-state index contributed by atoms with van der Waals surface area (Å²) >= 11 is 6.04. The first-order valence-corrected chi connectivity index (χ1v) is 9.28. The molecule has 1 aliphatic carbocycles. The Morgan fingerprint density at radius 3 is 2.56 bits per heavy atom. The molecule has 0 amide bonds. The third-order valence-electron chi connectivity index (χ3n) is 4.83. The molecule has 1 aliphatic rings. The lowest BCUT2D eigenvalue weighted by atomic mass is 9.64. The van der Waals surface area contributed by atoms with Gasteiger partial charge in [0.05, 0.1) is 12.2 Å². The number of aliphatic imine (C=N–C) groups is 1. The van der Waals surface area contributed by atoms with Crippen molar-refractivity contribution in [2.24, 2.45) is 4.99 Å². The Kier molecular flexibility index (Phi) is 5.92. The van der Waals surface area contributed by atoms with Crippen LogP contribution < -0.4 is 10.6 Å². The molecule has 1 aromatic carbocycles. The third kappa shape index (κ3) is 4.51. The Bertz CT molecular complexity index is 693. The van der Waals surface area contributed by atoms with Crippen LogP contribution in [0.5, 0.6) is 0 Å². The van der Waals surface area contributed by atoms with E-state index in [-0.39, 0.29) is 5.41 Å². The lowest BCUT2D eigenvalue weighted by Crippen LogP contribution is -2.48. The Balaban J connectivity index is 1.66. The summed E-state index contributed by atoms with van der Waals surface area (Å²) < 4.78 is 0. The molecular formula is C20H25ClN4. The van der Waals surface area contributed by atoms with Crippen LogP contribution in [-0.2, 0) is 12.0 Å². The van der Waals surface area contributed by atoms with Crippen LogP contribution in [0.1, 0.15) is 37.4 Å². The molecule has 0 aliphatic heterocycles. The fourth-order valence-corrected chi connectivity index (χ4v) is 3.35. The molecule has 0 spiro atoms. The molecule has 5 heteroatoms. The van der Waals surface area contributed by atoms with Gasteiger partial charge in [-0.15, -0.1) is 0 Å². The molecule has 0 radical (unpaired) electrons. The van der Waals surface area contributed by atoms with Crippen LogP contribution in [0.15, 0.2) is 53.7 Å². The van der Waals surface area contributed by atoms with Crippen molar-refractivity contribution in [3.8, 4) is 0 Å². The number of hydrogen-bond acceptors (Lipinski definition) is 2. The predicted molar refractivity (Wildman–Crippen MR) is 104 cm³/mol. The monoisotopic (exact) mass is 356 g/mol. The molecule has 132 valence electrons. The Hall–Kier alpha value is -2.07. The Morgan fingerprint density at radius 2 is 1.96 bits per heavy atom. The third-order valence-corrected chi connectivity index (χ3v) is 5.08. The van der Waals surface area contributed by atoms with Crippen LogP contribution in [0, 0.1) is 0 Å². The van der Waals surface area contributed by atoms with E-state index in [1.54, 1.807) is 6.20 Å². The van der Waals surface area contributed by atoms with Gasteiger partial charge in [-0.1, -0.05) is 36.2 Å². The van der Waals surface area contributed by atoms with Gasteiger partial charge in [0.2, 0.25) is 0 Å². The lowest BCUT2D eigenvalue weighted by molar-refractivity contribution is 0.244. The first-order valence-electron chi connectivity index (χ1n) is 8.90. The van der Waals surface area contributed by atoms with Gasteiger partial charge in [0, 0.05) is 29.7 Å². The number of pyridine rings is 1. The average Bonchev–Trinajstić information content (AvgIpc) is 2.61. The van der Waals surface area contributed by atoms with Crippen LogP contribution in [0.2, 0.25) is 5.02 Å². The van der Waals surface area contributed by atoms with E-state index in [0.717, 1.165) is 29.8 Å². The molecule has 0 unspecified atom stereocenters. The van der Waals surface area contributed by atoms with Crippen LogP contribution in [0.3, 0.4) is 0 Å². The van der Waals surface area contributed by atoms with E-state index >= 15 is 0 Å². The standard InChI is InChI=1S/C20H25ClN4/c1-2-22-19(24-14-18-6-3-4-13-23-18)25-15-20(11-5-12-20)16-7-9-17(21)10-8-16/h3-4,6-10,13H,2,5,11-12,14-15H2,1H3,(H2,22,24,25). The minimum atomic E-state index is 0.186. The summed E-state index contributed by atoms with van der Waals surface area (Å²) in [6, 6.07) is 14.2. The number of nitrogens with zero attached hydrogens (tertiary/aromatic N) is 2. The zero-order chi connectivity index (χ0) is 17.5. The highest BCUT2D eigenvalue weighted by molar-refractivity contribution is 6.30. The van der Waals surface area contributed by atoms with Crippen molar-refractivity contribution in [3.63, 3.8) is 0 Å². The zero-order valence-electron chi connectivity index (χ0n) is 14.6. The van der Waals surface area contributed by atoms with Gasteiger partial charge in [-0.3, -0.25) is 4.98 Å². The molecule has 1 fully saturated rings. The van der Waals surface area contributed by atoms with Crippen molar-refractivity contribution >= 4 is 17.6 Å². The molecule has 1 heterocycles. The van der Waals surface area contributed by atoms with Crippen molar-refractivity contribution in [1.29, 1.82) is 0 Å². The summed E-state index contributed by atoms with van der Waals surface area (Å²) in [5.41, 5.74) is 2.51. The quantitative estimate of drug-likeness (QED) is 0.609. The van der Waals surface area contributed by atoms with E-state index in [0.29, 0.717) is 6.54 Å². The van der Waals surface area contributed by atoms with E-state index in [4.69, 9.17) is 11.6 Å². The molecule has 0 atom stereocenters. The van der Waals surface area contributed by atoms with Gasteiger partial charge >= 0.3 is 0 Å². The van der Waals surface area contributed by atoms with Crippen LogP contribution in [0.25, 0.3) is 0 Å². The normalized spacial score (nSPS) is 16.2. The average molecular weight is 357 g/mol. The SMILES string of the molecule is CCNC(=NCc1ccccn1)NCC1(c2ccc(Cl)cc2)CCC1. The van der Waals surface area contributed by atoms with Crippen LogP contribution >= 0.6 is 11.6 Å². The van der Waals surface area contributed by atoms with Crippen molar-refractivity contribution in [1.82, 2.24) is 15.6 Å². The molecule has 25 heavy (non-hydrogen) atoms. The number of hydrogen-bond donors (Lipinski definition) is 2. The minimum Gasteiger partial charge on any atom is -0.357 e. The van der Waals surface area contributed by atoms with Crippen LogP contribution in [0.4, 0.5) is 0 Å². The molecule has 1 saturated carbocycles. The first-order chi connectivity index (χ1) is 12.2. The predicted octanol–water partition coefficient (Wildman–Crippen LogP) is 3.91. The number of benzene rings is 1. The minimum absolute atomic E-state index is 0.186. The summed E-state index contributed by atoms with van der Waals surface area (Å²) in [4.78, 5) is 8.99. The van der Waals surface area contributed by atoms with Gasteiger partial charge in [-0.05, 0) is 49.6 Å². The summed E-state index contributed by atoms with van der Waals surface area (Å²) in [7, 11) is 0. The molecular weight excluding hydrogens is 332 g/mol. The maximum absolute atomic E-state index is 6.04. The molecule has 1 aromatic heterocycles. The maximum atomic E-state index is 6.04. The number of guanidine groups is 1. The van der Waals surface area contributed by atoms with Crippen molar-refractivity contribution in [3.05, 3.63) is 64.9 Å². The largest absolute Gasteiger partial charge is 0.357 e. The number of halogens is 1. The Morgan fingerprint density at radius 1 is 1.16 bits per heavy atom. The Labute approximate surface area is 154 Å². The van der Waals surface area contributed by atoms with Crippen LogP contribution in [-0.4, -0.2) is 24.0 Å². The second kappa shape index (κ2) is 8.34. The highest BCUT2D eigenvalue weighted by atomic mass is 35.5. The van der Waals surface area contributed by atoms with Gasteiger partial charge in [-0.25, -0.2) is 4.99 Å². The van der Waals surface area contributed by atoms with Gasteiger partial charge < -0.3 is 10.6 Å². The topological polar surface area (TPSA) is 49.3 Å². The fourth-order valence-electron chi connectivity index (χ4n) is 3.22. The van der Waals surface area contributed by atoms with E-state index < -0.39 is 0 Å². The number of rotatable bonds is 6. The van der Waals surface area contributed by atoms with Crippen molar-refractivity contribution in [2.45, 2.75) is 38.1 Å². The van der Waals surface area contributed by atoms with Gasteiger partial charge in [0.25, 0.3) is 0 Å². The van der Waals surface area contributed by atoms with Crippen molar-refractivity contribution in [2.75, 3.05) is 13.1 Å². The number of aromatic nitrogens is 1. The summed E-state index contributed by atoms with van der Waals surface area (Å²) in [6.45, 7) is 4.37. The lowest BCUT2D eigenvalue weighted by Gasteiger charge is -2.43. The van der Waals surface area contributed by atoms with Gasteiger partial charge in [-0.2, -0.15) is 0 Å². The molecule has 3 rings (SSSR count). The van der Waals surface area contributed by atoms with Crippen molar-refractivity contribution < 1.29 is 0 Å². The maximum Gasteiger partial charge on any atom is 0.191 e. The van der Waals surface area contributed by atoms with Gasteiger partial charge in [0.15, 0.2) is 5.96 Å². The van der Waals surface area contributed by atoms with E-state index in [9.17, 15) is 0 Å². The highest BCUT2D eigenvalue weighted by Gasteiger charge is 2.38. The molecule has 4 nitrogen and oxygen atoms in total. The molecule has 0 bridgehead atoms. The van der Waals surface area contributed by atoms with E-state index in [2.05, 4.69) is 39.7 Å². The van der Waals surface area contributed by atoms with E-state index in [1.807, 2.05) is 30.3 Å². The fraction of sp³-hybridized carbons (Fsp3) is 0.400. The molecule has 0 saturated heterocycles. The first kappa shape index (κ1) is 17.7. The summed E-state index contributed by atoms with van der Waals surface area (Å²) in [5.74, 6) is 0.841. The highest BCUT2D eigenvalue weighted by Crippen LogP contribution is 2.43.